The molecule has 5 aromatic rings. The smallest absolute Gasteiger partial charge is 0.333 e. The minimum atomic E-state index is -4.64. The first-order valence-electron chi connectivity index (χ1n) is 14.0. The zero-order valence-corrected chi connectivity index (χ0v) is 23.4. The third kappa shape index (κ3) is 4.87. The van der Waals surface area contributed by atoms with Crippen molar-refractivity contribution in [2.45, 2.75) is 38.5 Å². The van der Waals surface area contributed by atoms with Gasteiger partial charge in [0.05, 0.1) is 24.1 Å². The molecule has 0 saturated heterocycles. The summed E-state index contributed by atoms with van der Waals surface area (Å²) in [5, 5.41) is 7.25. The molecule has 4 aromatic heterocycles. The molecular formula is C30H23F5N8O2. The molecule has 0 spiro atoms. The Morgan fingerprint density at radius 3 is 2.42 bits per heavy atom. The molecule has 2 aliphatic rings. The molecule has 1 aromatic carbocycles. The van der Waals surface area contributed by atoms with E-state index in [-0.39, 0.29) is 43.9 Å². The summed E-state index contributed by atoms with van der Waals surface area (Å²) in [6.07, 6.45) is -2.14. The number of halogens is 5. The number of nitrogens with zero attached hydrogens (tertiary/aromatic N) is 7. The molecule has 2 amide bonds. The van der Waals surface area contributed by atoms with Gasteiger partial charge in [-0.2, -0.15) is 22.7 Å². The predicted octanol–water partition coefficient (Wildman–Crippen LogP) is 5.26. The topological polar surface area (TPSA) is 110 Å². The molecule has 1 fully saturated rings. The van der Waals surface area contributed by atoms with E-state index >= 15 is 0 Å². The lowest BCUT2D eigenvalue weighted by molar-refractivity contribution is -0.249. The number of rotatable bonds is 5. The molecule has 0 atom stereocenters. The number of anilines is 1. The SMILES string of the molecule is O=C(Nc1cn2nc(-c3c(-c4ccc(F)cc4)nc4n3CCN(C(=O)C3(C(F)(F)F)CCC3)C4)ccc2n1)c1ccnc(F)c1. The van der Waals surface area contributed by atoms with E-state index in [1.807, 2.05) is 0 Å². The van der Waals surface area contributed by atoms with Crippen molar-refractivity contribution in [2.24, 2.45) is 5.41 Å². The average Bonchev–Trinajstić information content (AvgIpc) is 3.56. The van der Waals surface area contributed by atoms with Crippen molar-refractivity contribution in [3.63, 3.8) is 0 Å². The van der Waals surface area contributed by atoms with Crippen LogP contribution in [0.3, 0.4) is 0 Å². The summed E-state index contributed by atoms with van der Waals surface area (Å²) in [6, 6.07) is 11.3. The second kappa shape index (κ2) is 10.5. The molecule has 45 heavy (non-hydrogen) atoms. The van der Waals surface area contributed by atoms with E-state index in [2.05, 4.69) is 20.4 Å². The number of carbonyl (C=O) groups excluding carboxylic acids is 2. The van der Waals surface area contributed by atoms with Gasteiger partial charge in [-0.15, -0.1) is 0 Å². The average molecular weight is 623 g/mol. The summed E-state index contributed by atoms with van der Waals surface area (Å²) in [4.78, 5) is 39.5. The summed E-state index contributed by atoms with van der Waals surface area (Å²) in [5.74, 6) is -2.29. The van der Waals surface area contributed by atoms with Gasteiger partial charge in [-0.05, 0) is 55.3 Å². The number of fused-ring (bicyclic) bond motifs is 2. The van der Waals surface area contributed by atoms with Crippen molar-refractivity contribution >= 4 is 23.3 Å². The molecule has 0 bridgehead atoms. The number of carbonyl (C=O) groups is 2. The second-order valence-electron chi connectivity index (χ2n) is 11.0. The highest BCUT2D eigenvalue weighted by molar-refractivity contribution is 6.03. The van der Waals surface area contributed by atoms with Crippen LogP contribution < -0.4 is 5.32 Å². The van der Waals surface area contributed by atoms with Gasteiger partial charge in [0.1, 0.15) is 22.8 Å². The molecule has 0 unspecified atom stereocenters. The zero-order chi connectivity index (χ0) is 31.5. The van der Waals surface area contributed by atoms with Gasteiger partial charge in [0, 0.05) is 36.5 Å². The Balaban J connectivity index is 1.24. The number of hydrogen-bond acceptors (Lipinski definition) is 6. The van der Waals surface area contributed by atoms with Crippen LogP contribution in [0.15, 0.2) is 60.9 Å². The minimum Gasteiger partial charge on any atom is -0.333 e. The largest absolute Gasteiger partial charge is 0.403 e. The van der Waals surface area contributed by atoms with Gasteiger partial charge in [0.2, 0.25) is 11.9 Å². The number of pyridine rings is 1. The third-order valence-corrected chi connectivity index (χ3v) is 8.33. The lowest BCUT2D eigenvalue weighted by atomic mass is 9.67. The molecule has 5 heterocycles. The summed E-state index contributed by atoms with van der Waals surface area (Å²) in [7, 11) is 0. The van der Waals surface area contributed by atoms with Gasteiger partial charge in [0.25, 0.3) is 5.91 Å². The number of alkyl halides is 3. The van der Waals surface area contributed by atoms with Crippen LogP contribution in [-0.2, 0) is 17.9 Å². The lowest BCUT2D eigenvalue weighted by Gasteiger charge is -2.45. The first-order valence-corrected chi connectivity index (χ1v) is 14.0. The van der Waals surface area contributed by atoms with Crippen molar-refractivity contribution < 1.29 is 31.5 Å². The quantitative estimate of drug-likeness (QED) is 0.212. The van der Waals surface area contributed by atoms with Crippen molar-refractivity contribution in [1.82, 2.24) is 34.0 Å². The fourth-order valence-corrected chi connectivity index (χ4v) is 5.83. The maximum Gasteiger partial charge on any atom is 0.403 e. The van der Waals surface area contributed by atoms with Crippen molar-refractivity contribution in [2.75, 3.05) is 11.9 Å². The van der Waals surface area contributed by atoms with E-state index in [1.165, 1.54) is 52.1 Å². The van der Waals surface area contributed by atoms with Crippen LogP contribution in [0.4, 0.5) is 27.8 Å². The van der Waals surface area contributed by atoms with Crippen LogP contribution in [0, 0.1) is 17.2 Å². The van der Waals surface area contributed by atoms with Gasteiger partial charge in [-0.25, -0.2) is 23.9 Å². The van der Waals surface area contributed by atoms with Crippen molar-refractivity contribution in [3.05, 3.63) is 84.1 Å². The summed E-state index contributed by atoms with van der Waals surface area (Å²) in [6.45, 7) is 0.0604. The molecular weight excluding hydrogens is 599 g/mol. The van der Waals surface area contributed by atoms with E-state index in [9.17, 15) is 31.5 Å². The molecule has 1 saturated carbocycles. The number of hydrogen-bond donors (Lipinski definition) is 1. The number of aromatic nitrogens is 6. The van der Waals surface area contributed by atoms with E-state index in [0.717, 1.165) is 6.07 Å². The van der Waals surface area contributed by atoms with Crippen LogP contribution >= 0.6 is 0 Å². The summed E-state index contributed by atoms with van der Waals surface area (Å²) in [5.41, 5.74) is -0.0446. The number of amides is 2. The van der Waals surface area contributed by atoms with Crippen molar-refractivity contribution in [1.29, 1.82) is 0 Å². The van der Waals surface area contributed by atoms with E-state index < -0.39 is 35.2 Å². The van der Waals surface area contributed by atoms with E-state index in [0.29, 0.717) is 40.5 Å². The predicted molar refractivity (Wildman–Crippen MR) is 150 cm³/mol. The Morgan fingerprint density at radius 2 is 1.73 bits per heavy atom. The van der Waals surface area contributed by atoms with Crippen LogP contribution in [0.1, 0.15) is 35.4 Å². The summed E-state index contributed by atoms with van der Waals surface area (Å²) >= 11 is 0. The van der Waals surface area contributed by atoms with Crippen LogP contribution in [0.5, 0.6) is 0 Å². The monoisotopic (exact) mass is 622 g/mol. The minimum absolute atomic E-state index is 0.0367. The highest BCUT2D eigenvalue weighted by Crippen LogP contribution is 2.54. The van der Waals surface area contributed by atoms with Crippen LogP contribution in [-0.4, -0.2) is 58.6 Å². The Morgan fingerprint density at radius 1 is 0.956 bits per heavy atom. The normalized spacial score (nSPS) is 15.9. The highest BCUT2D eigenvalue weighted by Gasteiger charge is 2.64. The first-order chi connectivity index (χ1) is 21.5. The van der Waals surface area contributed by atoms with Gasteiger partial charge >= 0.3 is 6.18 Å². The molecule has 0 radical (unpaired) electrons. The highest BCUT2D eigenvalue weighted by atomic mass is 19.4. The molecule has 7 rings (SSSR count). The van der Waals surface area contributed by atoms with Gasteiger partial charge < -0.3 is 14.8 Å². The Bertz CT molecular complexity index is 1960. The maximum atomic E-state index is 13.9. The first kappa shape index (κ1) is 28.6. The van der Waals surface area contributed by atoms with Crippen LogP contribution in [0.2, 0.25) is 0 Å². The van der Waals surface area contributed by atoms with Gasteiger partial charge in [-0.1, -0.05) is 6.42 Å². The maximum absolute atomic E-state index is 13.9. The number of imidazole rings is 2. The fraction of sp³-hybridized carbons (Fsp3) is 0.267. The zero-order valence-electron chi connectivity index (χ0n) is 23.4. The molecule has 1 N–H and O–H groups in total. The fourth-order valence-electron chi connectivity index (χ4n) is 5.83. The van der Waals surface area contributed by atoms with Gasteiger partial charge in [-0.3, -0.25) is 9.59 Å². The van der Waals surface area contributed by atoms with Crippen LogP contribution in [0.25, 0.3) is 28.3 Å². The third-order valence-electron chi connectivity index (χ3n) is 8.33. The number of benzene rings is 1. The lowest BCUT2D eigenvalue weighted by Crippen LogP contribution is -2.57. The molecule has 1 aliphatic heterocycles. The molecule has 1 aliphatic carbocycles. The molecule has 10 nitrogen and oxygen atoms in total. The molecule has 15 heteroatoms. The van der Waals surface area contributed by atoms with E-state index in [1.54, 1.807) is 16.7 Å². The Kier molecular flexibility index (Phi) is 6.63. The van der Waals surface area contributed by atoms with Gasteiger partial charge in [0.15, 0.2) is 11.5 Å². The Labute approximate surface area is 251 Å². The summed E-state index contributed by atoms with van der Waals surface area (Å²) < 4.78 is 72.3. The van der Waals surface area contributed by atoms with Crippen molar-refractivity contribution in [3.8, 4) is 22.6 Å². The number of nitrogens with one attached hydrogen (secondary N) is 1. The van der Waals surface area contributed by atoms with E-state index in [4.69, 9.17) is 4.98 Å². The molecule has 230 valence electrons. The second-order valence-corrected chi connectivity index (χ2v) is 11.0. The standard InChI is InChI=1S/C30H23F5N8O2/c31-19-4-2-17(3-5-19)25-26(42-13-12-41(16-24(42)39-25)28(45)29(9-1-10-29)30(33,34)35)20-6-7-23-37-22(15-43(23)40-20)38-27(44)18-8-11-36-21(32)14-18/h2-8,11,14-15H,1,9-10,12-13,16H2,(H,38,44). The Hall–Kier alpha value is -5.21.